The van der Waals surface area contributed by atoms with E-state index in [4.69, 9.17) is 0 Å². The molecule has 0 aromatic heterocycles. The molecule has 2 N–H and O–H groups in total. The fourth-order valence-corrected chi connectivity index (χ4v) is 2.92. The maximum atomic E-state index is 12.1. The number of carbonyl (C=O) groups is 1. The van der Waals surface area contributed by atoms with Gasteiger partial charge in [0.25, 0.3) is 0 Å². The Morgan fingerprint density at radius 2 is 2.00 bits per heavy atom. The van der Waals surface area contributed by atoms with Crippen molar-refractivity contribution in [3.05, 3.63) is 47.8 Å². The van der Waals surface area contributed by atoms with Gasteiger partial charge in [0, 0.05) is 11.6 Å². The number of ketones is 1. The second-order valence-corrected chi connectivity index (χ2v) is 5.21. The molecule has 1 saturated heterocycles. The molecule has 0 radical (unpaired) electrons. The van der Waals surface area contributed by atoms with Gasteiger partial charge in [-0.3, -0.25) is 10.0 Å². The van der Waals surface area contributed by atoms with Crippen LogP contribution in [0.4, 0.5) is 0 Å². The van der Waals surface area contributed by atoms with Gasteiger partial charge in [-0.25, -0.2) is 5.06 Å². The second kappa shape index (κ2) is 5.05. The van der Waals surface area contributed by atoms with E-state index >= 15 is 0 Å². The number of fused-ring (bicyclic) bond motifs is 1. The van der Waals surface area contributed by atoms with Crippen LogP contribution in [-0.4, -0.2) is 28.1 Å². The van der Waals surface area contributed by atoms with Gasteiger partial charge in [-0.05, 0) is 12.8 Å². The summed E-state index contributed by atoms with van der Waals surface area (Å²) in [5.41, 5.74) is 0.639. The number of nitrogens with zero attached hydrogens (tertiary/aromatic N) is 1. The Morgan fingerprint density at radius 3 is 2.74 bits per heavy atom. The van der Waals surface area contributed by atoms with E-state index < -0.39 is 0 Å². The number of carbonyl (C=O) groups excluding carboxylic acids is 1. The van der Waals surface area contributed by atoms with Gasteiger partial charge in [0.1, 0.15) is 5.82 Å². The van der Waals surface area contributed by atoms with Gasteiger partial charge in [-0.2, -0.15) is 0 Å². The molecule has 1 aromatic carbocycles. The molecule has 0 bridgehead atoms. The minimum absolute atomic E-state index is 0.0826. The first-order valence-electron chi connectivity index (χ1n) is 6.81. The number of hydrogen-bond donors (Lipinski definition) is 2. The first kappa shape index (κ1) is 12.2. The summed E-state index contributed by atoms with van der Waals surface area (Å²) in [6, 6.07) is 9.50. The van der Waals surface area contributed by atoms with Crippen LogP contribution in [0, 0.1) is 0 Å². The lowest BCUT2D eigenvalue weighted by molar-refractivity contribution is -0.0841. The van der Waals surface area contributed by atoms with E-state index in [1.54, 1.807) is 12.1 Å². The molecule has 19 heavy (non-hydrogen) atoms. The molecular weight excluding hydrogens is 240 g/mol. The van der Waals surface area contributed by atoms with Gasteiger partial charge in [0.2, 0.25) is 0 Å². The number of hydroxylamine groups is 2. The van der Waals surface area contributed by atoms with Gasteiger partial charge in [-0.1, -0.05) is 43.2 Å². The van der Waals surface area contributed by atoms with Crippen LogP contribution < -0.4 is 5.32 Å². The summed E-state index contributed by atoms with van der Waals surface area (Å²) in [4.78, 5) is 12.1. The lowest BCUT2D eigenvalue weighted by atomic mass is 9.92. The molecule has 2 fully saturated rings. The summed E-state index contributed by atoms with van der Waals surface area (Å²) in [6.07, 6.45) is 5.85. The highest BCUT2D eigenvalue weighted by Gasteiger charge is 2.37. The maximum Gasteiger partial charge on any atom is 0.189 e. The zero-order valence-corrected chi connectivity index (χ0v) is 10.7. The average Bonchev–Trinajstić information content (AvgIpc) is 2.77. The van der Waals surface area contributed by atoms with Crippen LogP contribution in [0.25, 0.3) is 0 Å². The van der Waals surface area contributed by atoms with Crippen molar-refractivity contribution in [3.8, 4) is 0 Å². The van der Waals surface area contributed by atoms with Crippen LogP contribution in [0.2, 0.25) is 0 Å². The quantitative estimate of drug-likeness (QED) is 0.631. The van der Waals surface area contributed by atoms with Gasteiger partial charge in [0.15, 0.2) is 5.78 Å². The first-order valence-corrected chi connectivity index (χ1v) is 6.81. The lowest BCUT2D eigenvalue weighted by Gasteiger charge is -2.26. The molecule has 4 heteroatoms. The topological polar surface area (TPSA) is 52.6 Å². The average molecular weight is 258 g/mol. The Kier molecular flexibility index (Phi) is 3.25. The van der Waals surface area contributed by atoms with Crippen molar-refractivity contribution in [1.29, 1.82) is 0 Å². The predicted molar refractivity (Wildman–Crippen MR) is 71.7 cm³/mol. The third-order valence-electron chi connectivity index (χ3n) is 3.95. The first-order chi connectivity index (χ1) is 9.25. The molecular formula is C15H18N2O2. The normalized spacial score (nSPS) is 28.1. The minimum atomic E-state index is -0.0826. The van der Waals surface area contributed by atoms with E-state index in [1.165, 1.54) is 17.6 Å². The largest absolute Gasteiger partial charge is 0.365 e. The van der Waals surface area contributed by atoms with Crippen molar-refractivity contribution in [2.24, 2.45) is 0 Å². The summed E-state index contributed by atoms with van der Waals surface area (Å²) in [6.45, 7) is 0. The third kappa shape index (κ3) is 2.36. The van der Waals surface area contributed by atoms with Crippen molar-refractivity contribution in [3.63, 3.8) is 0 Å². The Balaban J connectivity index is 1.79. The maximum absolute atomic E-state index is 12.1. The monoisotopic (exact) mass is 258 g/mol. The van der Waals surface area contributed by atoms with E-state index in [-0.39, 0.29) is 17.9 Å². The van der Waals surface area contributed by atoms with Gasteiger partial charge in [-0.15, -0.1) is 0 Å². The Bertz CT molecular complexity index is 498. The zero-order valence-electron chi connectivity index (χ0n) is 10.7. The van der Waals surface area contributed by atoms with E-state index in [1.807, 2.05) is 18.2 Å². The number of hydrogen-bond acceptors (Lipinski definition) is 4. The number of benzene rings is 1. The van der Waals surface area contributed by atoms with Gasteiger partial charge in [0.05, 0.1) is 12.1 Å². The van der Waals surface area contributed by atoms with Crippen LogP contribution in [0.5, 0.6) is 0 Å². The molecule has 1 saturated carbocycles. The number of allylic oxidation sites excluding steroid dienone is 1. The molecule has 4 nitrogen and oxygen atoms in total. The van der Waals surface area contributed by atoms with Crippen molar-refractivity contribution in [1.82, 2.24) is 10.4 Å². The standard InChI is InChI=1S/C15H18N2O2/c18-14(11-6-2-1-3-7-11)10-15-16-12-8-4-5-9-13(12)17(15)19/h1-3,6-7,10,12-13,16,19H,4-5,8-9H2/t12-,13+/m0/s1. The van der Waals surface area contributed by atoms with Crippen LogP contribution in [0.1, 0.15) is 36.0 Å². The summed E-state index contributed by atoms with van der Waals surface area (Å²) in [5, 5.41) is 14.6. The van der Waals surface area contributed by atoms with Crippen LogP contribution in [0.3, 0.4) is 0 Å². The van der Waals surface area contributed by atoms with Gasteiger partial charge < -0.3 is 5.32 Å². The molecule has 0 amide bonds. The molecule has 3 rings (SSSR count). The predicted octanol–water partition coefficient (Wildman–Crippen LogP) is 2.32. The second-order valence-electron chi connectivity index (χ2n) is 5.21. The highest BCUT2D eigenvalue weighted by Crippen LogP contribution is 2.29. The van der Waals surface area contributed by atoms with E-state index in [9.17, 15) is 10.0 Å². The van der Waals surface area contributed by atoms with E-state index in [0.29, 0.717) is 11.4 Å². The molecule has 0 spiro atoms. The summed E-state index contributed by atoms with van der Waals surface area (Å²) in [5.74, 6) is 0.451. The molecule has 2 aliphatic rings. The Morgan fingerprint density at radius 1 is 1.26 bits per heavy atom. The highest BCUT2D eigenvalue weighted by atomic mass is 16.5. The fraction of sp³-hybridized carbons (Fsp3) is 0.400. The zero-order chi connectivity index (χ0) is 13.2. The minimum Gasteiger partial charge on any atom is -0.365 e. The number of nitrogens with one attached hydrogen (secondary N) is 1. The fourth-order valence-electron chi connectivity index (χ4n) is 2.92. The highest BCUT2D eigenvalue weighted by molar-refractivity contribution is 6.04. The van der Waals surface area contributed by atoms with E-state index in [0.717, 1.165) is 19.3 Å². The number of rotatable bonds is 2. The van der Waals surface area contributed by atoms with Crippen LogP contribution in [-0.2, 0) is 0 Å². The van der Waals surface area contributed by atoms with Crippen molar-refractivity contribution >= 4 is 5.78 Å². The van der Waals surface area contributed by atoms with Crippen molar-refractivity contribution in [2.75, 3.05) is 0 Å². The Hall–Kier alpha value is -1.81. The third-order valence-corrected chi connectivity index (χ3v) is 3.95. The molecule has 1 aliphatic heterocycles. The smallest absolute Gasteiger partial charge is 0.189 e. The van der Waals surface area contributed by atoms with E-state index in [2.05, 4.69) is 5.32 Å². The lowest BCUT2D eigenvalue weighted by Crippen LogP contribution is -2.37. The molecule has 2 atom stereocenters. The molecule has 1 aromatic rings. The molecule has 100 valence electrons. The van der Waals surface area contributed by atoms with Crippen molar-refractivity contribution < 1.29 is 10.0 Å². The summed E-state index contributed by atoms with van der Waals surface area (Å²) < 4.78 is 0. The molecule has 1 heterocycles. The summed E-state index contributed by atoms with van der Waals surface area (Å²) in [7, 11) is 0. The SMILES string of the molecule is O=C(C=C1N[C@H]2CCCC[C@H]2N1O)c1ccccc1. The van der Waals surface area contributed by atoms with Gasteiger partial charge >= 0.3 is 0 Å². The van der Waals surface area contributed by atoms with Crippen LogP contribution in [0.15, 0.2) is 42.2 Å². The van der Waals surface area contributed by atoms with Crippen LogP contribution >= 0.6 is 0 Å². The molecule has 1 aliphatic carbocycles. The Labute approximate surface area is 112 Å². The molecule has 0 unspecified atom stereocenters. The summed E-state index contributed by atoms with van der Waals surface area (Å²) >= 11 is 0. The van der Waals surface area contributed by atoms with Crippen molar-refractivity contribution in [2.45, 2.75) is 37.8 Å².